The molecule has 2 heterocycles. The number of carbonyl (C=O) groups excluding carboxylic acids is 1. The molecule has 0 saturated heterocycles. The second kappa shape index (κ2) is 9.73. The summed E-state index contributed by atoms with van der Waals surface area (Å²) in [4.78, 5) is 14.2. The molecular weight excluding hydrogens is 404 g/mol. The molecule has 1 aromatic heterocycles. The number of aryl methyl sites for hydroxylation is 1. The van der Waals surface area contributed by atoms with Gasteiger partial charge in [-0.05, 0) is 60.5 Å². The summed E-state index contributed by atoms with van der Waals surface area (Å²) in [6.45, 7) is 7.69. The molecule has 3 N–H and O–H groups in total. The number of rotatable bonds is 7. The van der Waals surface area contributed by atoms with E-state index < -0.39 is 0 Å². The molecule has 0 fully saturated rings. The molecule has 0 spiro atoms. The number of carbonyl (C=O) groups is 1. The smallest absolute Gasteiger partial charge is 0.268 e. The molecule has 4 rings (SSSR count). The molecule has 162 valence electrons. The van der Waals surface area contributed by atoms with Gasteiger partial charge in [0.2, 0.25) is 0 Å². The summed E-state index contributed by atoms with van der Waals surface area (Å²) in [5.74, 6) is -0.0596. The molecule has 1 aliphatic rings. The highest BCUT2D eigenvalue weighted by atomic mass is 32.2. The van der Waals surface area contributed by atoms with Crippen molar-refractivity contribution in [3.8, 4) is 0 Å². The van der Waals surface area contributed by atoms with E-state index in [1.165, 1.54) is 16.7 Å². The zero-order valence-electron chi connectivity index (χ0n) is 18.2. The zero-order chi connectivity index (χ0) is 21.8. The van der Waals surface area contributed by atoms with Crippen LogP contribution in [0.1, 0.15) is 38.4 Å². The van der Waals surface area contributed by atoms with Gasteiger partial charge in [0.25, 0.3) is 5.91 Å². The fourth-order valence-corrected chi connectivity index (χ4v) is 5.15. The quantitative estimate of drug-likeness (QED) is 0.551. The van der Waals surface area contributed by atoms with E-state index in [0.29, 0.717) is 25.3 Å². The average molecular weight is 435 g/mol. The van der Waals surface area contributed by atoms with Gasteiger partial charge in [-0.2, -0.15) is 0 Å². The Kier molecular flexibility index (Phi) is 6.80. The summed E-state index contributed by atoms with van der Waals surface area (Å²) in [5, 5.41) is 3.09. The zero-order valence-corrected chi connectivity index (χ0v) is 19.0. The van der Waals surface area contributed by atoms with Crippen molar-refractivity contribution in [1.29, 1.82) is 0 Å². The molecule has 3 aromatic rings. The maximum absolute atomic E-state index is 13.1. The van der Waals surface area contributed by atoms with Crippen molar-refractivity contribution in [2.75, 3.05) is 13.1 Å². The molecular formula is C25H30N4OS. The number of nitrogens with two attached hydrogens (primary N) is 1. The number of amides is 1. The van der Waals surface area contributed by atoms with Crippen LogP contribution in [-0.2, 0) is 26.1 Å². The van der Waals surface area contributed by atoms with E-state index in [-0.39, 0.29) is 5.91 Å². The molecule has 1 amide bonds. The van der Waals surface area contributed by atoms with Gasteiger partial charge in [-0.25, -0.2) is 4.31 Å². The number of fused-ring (bicyclic) bond motifs is 1. The number of aromatic nitrogens is 1. The highest BCUT2D eigenvalue weighted by Crippen LogP contribution is 2.33. The fraction of sp³-hybridized carbons (Fsp3) is 0.320. The number of hydrogen-bond acceptors (Lipinski definition) is 4. The lowest BCUT2D eigenvalue weighted by atomic mass is 10.0. The third-order valence-electron chi connectivity index (χ3n) is 5.93. The Balaban J connectivity index is 1.50. The van der Waals surface area contributed by atoms with Crippen LogP contribution in [0.15, 0.2) is 59.5 Å². The third-order valence-corrected chi connectivity index (χ3v) is 7.11. The standard InChI is InChI=1S/C25H30N4OS/c1-18-7-3-4-9-21(18)16-27-25(30)23-15-24(19(2)29(23)14-12-26)31-28-13-11-20-8-5-6-10-22(20)17-28/h3-10,15H,11-14,16-17,26H2,1-2H3,(H,27,30). The van der Waals surface area contributed by atoms with Crippen LogP contribution >= 0.6 is 11.9 Å². The van der Waals surface area contributed by atoms with Crippen LogP contribution in [0.25, 0.3) is 0 Å². The van der Waals surface area contributed by atoms with Crippen molar-refractivity contribution in [3.63, 3.8) is 0 Å². The first-order valence-corrected chi connectivity index (χ1v) is 11.6. The second-order valence-corrected chi connectivity index (χ2v) is 9.14. The van der Waals surface area contributed by atoms with Crippen LogP contribution in [0.5, 0.6) is 0 Å². The number of benzene rings is 2. The van der Waals surface area contributed by atoms with Gasteiger partial charge >= 0.3 is 0 Å². The molecule has 0 atom stereocenters. The molecule has 0 bridgehead atoms. The lowest BCUT2D eigenvalue weighted by Gasteiger charge is -2.27. The number of nitrogens with zero attached hydrogens (tertiary/aromatic N) is 2. The molecule has 1 aliphatic heterocycles. The summed E-state index contributed by atoms with van der Waals surface area (Å²) in [6, 6.07) is 18.8. The summed E-state index contributed by atoms with van der Waals surface area (Å²) >= 11 is 1.74. The summed E-state index contributed by atoms with van der Waals surface area (Å²) in [7, 11) is 0. The summed E-state index contributed by atoms with van der Waals surface area (Å²) in [5.41, 5.74) is 12.8. The predicted molar refractivity (Wildman–Crippen MR) is 127 cm³/mol. The Morgan fingerprint density at radius 2 is 1.84 bits per heavy atom. The van der Waals surface area contributed by atoms with Gasteiger partial charge < -0.3 is 15.6 Å². The minimum atomic E-state index is -0.0596. The van der Waals surface area contributed by atoms with Gasteiger partial charge in [0.1, 0.15) is 5.69 Å². The molecule has 0 aliphatic carbocycles. The lowest BCUT2D eigenvalue weighted by Crippen LogP contribution is -2.27. The largest absolute Gasteiger partial charge is 0.347 e. The lowest BCUT2D eigenvalue weighted by molar-refractivity contribution is 0.0941. The van der Waals surface area contributed by atoms with E-state index in [1.807, 2.05) is 22.8 Å². The Morgan fingerprint density at radius 1 is 1.10 bits per heavy atom. The monoisotopic (exact) mass is 434 g/mol. The van der Waals surface area contributed by atoms with Gasteiger partial charge in [-0.15, -0.1) is 0 Å². The Morgan fingerprint density at radius 3 is 2.61 bits per heavy atom. The van der Waals surface area contributed by atoms with Crippen molar-refractivity contribution in [2.45, 2.75) is 44.8 Å². The molecule has 0 radical (unpaired) electrons. The molecule has 2 aromatic carbocycles. The van der Waals surface area contributed by atoms with Crippen molar-refractivity contribution in [1.82, 2.24) is 14.2 Å². The Hall–Kier alpha value is -2.54. The van der Waals surface area contributed by atoms with Gasteiger partial charge in [-0.1, -0.05) is 48.5 Å². The molecule has 31 heavy (non-hydrogen) atoms. The normalized spacial score (nSPS) is 13.8. The van der Waals surface area contributed by atoms with E-state index in [9.17, 15) is 4.79 Å². The van der Waals surface area contributed by atoms with Crippen LogP contribution in [0.2, 0.25) is 0 Å². The second-order valence-electron chi connectivity index (χ2n) is 8.00. The first-order chi connectivity index (χ1) is 15.1. The van der Waals surface area contributed by atoms with Crippen molar-refractivity contribution < 1.29 is 4.79 Å². The van der Waals surface area contributed by atoms with Crippen LogP contribution < -0.4 is 11.1 Å². The van der Waals surface area contributed by atoms with Crippen LogP contribution in [0, 0.1) is 13.8 Å². The minimum absolute atomic E-state index is 0.0596. The van der Waals surface area contributed by atoms with Gasteiger partial charge in [0.05, 0.1) is 0 Å². The first-order valence-electron chi connectivity index (χ1n) is 10.8. The van der Waals surface area contributed by atoms with E-state index in [4.69, 9.17) is 5.73 Å². The molecule has 6 heteroatoms. The summed E-state index contributed by atoms with van der Waals surface area (Å²) < 4.78 is 4.43. The topological polar surface area (TPSA) is 63.3 Å². The van der Waals surface area contributed by atoms with Crippen molar-refractivity contribution in [3.05, 3.63) is 88.2 Å². The molecule has 0 unspecified atom stereocenters. The minimum Gasteiger partial charge on any atom is -0.347 e. The number of nitrogens with one attached hydrogen (secondary N) is 1. The Labute approximate surface area is 188 Å². The molecule has 0 saturated carbocycles. The SMILES string of the molecule is Cc1ccccc1CNC(=O)c1cc(SN2CCc3ccccc3C2)c(C)n1CCN. The van der Waals surface area contributed by atoms with Crippen LogP contribution in [-0.4, -0.2) is 27.9 Å². The maximum Gasteiger partial charge on any atom is 0.268 e. The highest BCUT2D eigenvalue weighted by Gasteiger charge is 2.22. The fourth-order valence-electron chi connectivity index (χ4n) is 4.08. The van der Waals surface area contributed by atoms with E-state index in [0.717, 1.165) is 35.7 Å². The first kappa shape index (κ1) is 21.7. The third kappa shape index (κ3) is 4.87. The predicted octanol–water partition coefficient (Wildman–Crippen LogP) is 4.06. The maximum atomic E-state index is 13.1. The van der Waals surface area contributed by atoms with Crippen LogP contribution in [0.4, 0.5) is 0 Å². The van der Waals surface area contributed by atoms with Crippen molar-refractivity contribution >= 4 is 17.9 Å². The van der Waals surface area contributed by atoms with E-state index in [1.54, 1.807) is 11.9 Å². The van der Waals surface area contributed by atoms with E-state index >= 15 is 0 Å². The summed E-state index contributed by atoms with van der Waals surface area (Å²) in [6.07, 6.45) is 1.05. The van der Waals surface area contributed by atoms with Gasteiger partial charge in [0.15, 0.2) is 0 Å². The number of hydrogen-bond donors (Lipinski definition) is 2. The molecule has 5 nitrogen and oxygen atoms in total. The Bertz CT molecular complexity index is 1080. The van der Waals surface area contributed by atoms with Crippen LogP contribution in [0.3, 0.4) is 0 Å². The van der Waals surface area contributed by atoms with Gasteiger partial charge in [-0.3, -0.25) is 4.79 Å². The average Bonchev–Trinajstić information content (AvgIpc) is 3.08. The van der Waals surface area contributed by atoms with E-state index in [2.05, 4.69) is 59.9 Å². The van der Waals surface area contributed by atoms with Gasteiger partial charge in [0, 0.05) is 43.3 Å². The van der Waals surface area contributed by atoms with Crippen molar-refractivity contribution in [2.24, 2.45) is 5.73 Å². The highest BCUT2D eigenvalue weighted by molar-refractivity contribution is 7.97.